The van der Waals surface area contributed by atoms with Gasteiger partial charge in [-0.3, -0.25) is 0 Å². The van der Waals surface area contributed by atoms with Crippen LogP contribution < -0.4 is 9.80 Å². The molecule has 1 fully saturated rings. The number of hydrogen-bond donors (Lipinski definition) is 1. The molecule has 0 saturated carbocycles. The monoisotopic (exact) mass is 318 g/mol. The second kappa shape index (κ2) is 6.91. The van der Waals surface area contributed by atoms with Crippen LogP contribution >= 0.6 is 0 Å². The van der Waals surface area contributed by atoms with Crippen LogP contribution in [-0.4, -0.2) is 51.5 Å². The smallest absolute Gasteiger partial charge is 0.246 e. The third kappa shape index (κ3) is 3.76. The van der Waals surface area contributed by atoms with Gasteiger partial charge in [0.25, 0.3) is 0 Å². The van der Waals surface area contributed by atoms with Crippen molar-refractivity contribution in [1.29, 1.82) is 0 Å². The lowest BCUT2D eigenvalue weighted by Gasteiger charge is -2.30. The molecule has 124 valence electrons. The Hall–Kier alpha value is -2.22. The molecule has 3 heterocycles. The maximum atomic E-state index is 9.61. The lowest BCUT2D eigenvalue weighted by molar-refractivity contribution is 0.145. The summed E-state index contributed by atoms with van der Waals surface area (Å²) in [6.45, 7) is 4.07. The van der Waals surface area contributed by atoms with Crippen molar-refractivity contribution in [3.05, 3.63) is 24.0 Å². The Kier molecular flexibility index (Phi) is 4.71. The molecule has 0 aliphatic carbocycles. The van der Waals surface area contributed by atoms with E-state index in [1.54, 1.807) is 6.20 Å². The first-order valence-electron chi connectivity index (χ1n) is 7.94. The number of aliphatic hydroxyl groups excluding tert-OH is 1. The summed E-state index contributed by atoms with van der Waals surface area (Å²) >= 11 is 0. The normalized spacial score (nSPS) is 15.9. The van der Waals surface area contributed by atoms with Crippen molar-refractivity contribution >= 4 is 11.8 Å². The first-order valence-corrected chi connectivity index (χ1v) is 7.94. The minimum atomic E-state index is -0.194. The van der Waals surface area contributed by atoms with Crippen LogP contribution in [0.1, 0.15) is 31.5 Å². The highest BCUT2D eigenvalue weighted by Crippen LogP contribution is 2.20. The maximum absolute atomic E-state index is 9.61. The number of piperidine rings is 1. The average molecular weight is 318 g/mol. The Morgan fingerprint density at radius 2 is 2.13 bits per heavy atom. The summed E-state index contributed by atoms with van der Waals surface area (Å²) in [5.74, 6) is 2.76. The van der Waals surface area contributed by atoms with E-state index < -0.39 is 0 Å². The molecule has 8 nitrogen and oxygen atoms in total. The van der Waals surface area contributed by atoms with E-state index in [1.807, 2.05) is 24.9 Å². The van der Waals surface area contributed by atoms with E-state index in [0.717, 1.165) is 38.2 Å². The van der Waals surface area contributed by atoms with Crippen molar-refractivity contribution in [2.75, 3.05) is 29.9 Å². The van der Waals surface area contributed by atoms with Crippen molar-refractivity contribution in [2.45, 2.75) is 38.8 Å². The molecular formula is C15H22N6O2. The summed E-state index contributed by atoms with van der Waals surface area (Å²) in [6.07, 6.45) is 3.86. The Labute approximate surface area is 135 Å². The number of aromatic nitrogens is 4. The van der Waals surface area contributed by atoms with Gasteiger partial charge in [-0.05, 0) is 18.9 Å². The molecule has 3 rings (SSSR count). The van der Waals surface area contributed by atoms with Gasteiger partial charge in [0.1, 0.15) is 5.82 Å². The van der Waals surface area contributed by atoms with E-state index in [0.29, 0.717) is 24.2 Å². The van der Waals surface area contributed by atoms with Crippen molar-refractivity contribution in [3.8, 4) is 0 Å². The lowest BCUT2D eigenvalue weighted by atomic mass is 10.1. The third-order valence-electron chi connectivity index (χ3n) is 3.96. The van der Waals surface area contributed by atoms with E-state index in [2.05, 4.69) is 25.0 Å². The Balaban J connectivity index is 1.68. The quantitative estimate of drug-likeness (QED) is 0.873. The Morgan fingerprint density at radius 3 is 2.83 bits per heavy atom. The average Bonchev–Trinajstić information content (AvgIpc) is 3.03. The summed E-state index contributed by atoms with van der Waals surface area (Å²) in [5.41, 5.74) is 0. The van der Waals surface area contributed by atoms with Crippen LogP contribution in [-0.2, 0) is 13.0 Å². The molecule has 0 atom stereocenters. The van der Waals surface area contributed by atoms with Crippen LogP contribution in [0.25, 0.3) is 0 Å². The standard InChI is InChI=1S/C15H22N6O2/c1-3-12-17-14(23-19-12)10-20(2)15-16-7-4-13(18-15)21-8-5-11(22)6-9-21/h4,7,11,22H,3,5-6,8-10H2,1-2H3. The van der Waals surface area contributed by atoms with E-state index >= 15 is 0 Å². The van der Waals surface area contributed by atoms with Gasteiger partial charge in [0.15, 0.2) is 5.82 Å². The fourth-order valence-corrected chi connectivity index (χ4v) is 2.57. The summed E-state index contributed by atoms with van der Waals surface area (Å²) in [4.78, 5) is 17.3. The molecule has 2 aromatic rings. The molecule has 0 radical (unpaired) electrons. The lowest BCUT2D eigenvalue weighted by Crippen LogP contribution is -2.36. The molecule has 0 bridgehead atoms. The SMILES string of the molecule is CCc1noc(CN(C)c2nccc(N3CCC(O)CC3)n2)n1. The predicted molar refractivity (Wildman–Crippen MR) is 85.3 cm³/mol. The Morgan fingerprint density at radius 1 is 1.35 bits per heavy atom. The summed E-state index contributed by atoms with van der Waals surface area (Å²) in [6, 6.07) is 1.90. The molecule has 1 N–H and O–H groups in total. The minimum absolute atomic E-state index is 0.194. The van der Waals surface area contributed by atoms with E-state index in [-0.39, 0.29) is 6.10 Å². The van der Waals surface area contributed by atoms with Crippen LogP contribution in [0, 0.1) is 0 Å². The summed E-state index contributed by atoms with van der Waals surface area (Å²) < 4.78 is 5.21. The van der Waals surface area contributed by atoms with E-state index in [1.165, 1.54) is 0 Å². The number of aryl methyl sites for hydroxylation is 1. The zero-order valence-corrected chi connectivity index (χ0v) is 13.5. The third-order valence-corrected chi connectivity index (χ3v) is 3.96. The second-order valence-corrected chi connectivity index (χ2v) is 5.75. The molecule has 2 aromatic heterocycles. The number of aliphatic hydroxyl groups is 1. The summed E-state index contributed by atoms with van der Waals surface area (Å²) in [7, 11) is 1.90. The highest BCUT2D eigenvalue weighted by Gasteiger charge is 2.19. The maximum Gasteiger partial charge on any atom is 0.246 e. The van der Waals surface area contributed by atoms with Crippen LogP contribution in [0.5, 0.6) is 0 Å². The number of anilines is 2. The highest BCUT2D eigenvalue weighted by atomic mass is 16.5. The van der Waals surface area contributed by atoms with Crippen LogP contribution in [0.2, 0.25) is 0 Å². The van der Waals surface area contributed by atoms with Gasteiger partial charge in [0.05, 0.1) is 12.6 Å². The van der Waals surface area contributed by atoms with Gasteiger partial charge in [0, 0.05) is 32.8 Å². The number of rotatable bonds is 5. The zero-order valence-electron chi connectivity index (χ0n) is 13.5. The first kappa shape index (κ1) is 15.7. The molecule has 1 aliphatic heterocycles. The van der Waals surface area contributed by atoms with Crippen molar-refractivity contribution in [3.63, 3.8) is 0 Å². The molecule has 1 saturated heterocycles. The van der Waals surface area contributed by atoms with Crippen LogP contribution in [0.15, 0.2) is 16.8 Å². The molecule has 8 heteroatoms. The molecule has 1 aliphatic rings. The second-order valence-electron chi connectivity index (χ2n) is 5.75. The van der Waals surface area contributed by atoms with Gasteiger partial charge >= 0.3 is 0 Å². The van der Waals surface area contributed by atoms with Crippen LogP contribution in [0.4, 0.5) is 11.8 Å². The molecule has 0 unspecified atom stereocenters. The van der Waals surface area contributed by atoms with Gasteiger partial charge in [-0.25, -0.2) is 4.98 Å². The summed E-state index contributed by atoms with van der Waals surface area (Å²) in [5, 5.41) is 13.5. The van der Waals surface area contributed by atoms with Gasteiger partial charge in [-0.1, -0.05) is 12.1 Å². The fourth-order valence-electron chi connectivity index (χ4n) is 2.57. The van der Waals surface area contributed by atoms with Crippen LogP contribution in [0.3, 0.4) is 0 Å². The Bertz CT molecular complexity index is 638. The molecule has 0 aromatic carbocycles. The highest BCUT2D eigenvalue weighted by molar-refractivity contribution is 5.43. The van der Waals surface area contributed by atoms with Crippen molar-refractivity contribution < 1.29 is 9.63 Å². The predicted octanol–water partition coefficient (Wildman–Crippen LogP) is 1.02. The van der Waals surface area contributed by atoms with Gasteiger partial charge in [-0.2, -0.15) is 9.97 Å². The molecule has 0 spiro atoms. The van der Waals surface area contributed by atoms with Crippen molar-refractivity contribution in [2.24, 2.45) is 0 Å². The largest absolute Gasteiger partial charge is 0.393 e. The number of nitrogens with zero attached hydrogens (tertiary/aromatic N) is 6. The minimum Gasteiger partial charge on any atom is -0.393 e. The topological polar surface area (TPSA) is 91.4 Å². The molecular weight excluding hydrogens is 296 g/mol. The first-order chi connectivity index (χ1) is 11.2. The fraction of sp³-hybridized carbons (Fsp3) is 0.600. The molecule has 23 heavy (non-hydrogen) atoms. The van der Waals surface area contributed by atoms with Gasteiger partial charge < -0.3 is 19.4 Å². The molecule has 0 amide bonds. The van der Waals surface area contributed by atoms with E-state index in [9.17, 15) is 5.11 Å². The van der Waals surface area contributed by atoms with Gasteiger partial charge in [0.2, 0.25) is 11.8 Å². The number of hydrogen-bond acceptors (Lipinski definition) is 8. The van der Waals surface area contributed by atoms with Gasteiger partial charge in [-0.15, -0.1) is 0 Å². The van der Waals surface area contributed by atoms with E-state index in [4.69, 9.17) is 4.52 Å². The zero-order chi connectivity index (χ0) is 16.2. The van der Waals surface area contributed by atoms with Crippen molar-refractivity contribution in [1.82, 2.24) is 20.1 Å².